The summed E-state index contributed by atoms with van der Waals surface area (Å²) in [6.45, 7) is 1.78. The summed E-state index contributed by atoms with van der Waals surface area (Å²) in [7, 11) is 0. The summed E-state index contributed by atoms with van der Waals surface area (Å²) in [4.78, 5) is 28.7. The number of aromatic hydroxyl groups is 1. The predicted octanol–water partition coefficient (Wildman–Crippen LogP) is 4.49. The second-order valence-corrected chi connectivity index (χ2v) is 7.99. The van der Waals surface area contributed by atoms with Gasteiger partial charge in [0.2, 0.25) is 5.95 Å². The van der Waals surface area contributed by atoms with E-state index in [0.29, 0.717) is 34.0 Å². The van der Waals surface area contributed by atoms with Crippen LogP contribution in [-0.2, 0) is 4.79 Å². The highest BCUT2D eigenvalue weighted by Gasteiger charge is 2.34. The number of rotatable bonds is 5. The number of nitro groups is 1. The molecule has 0 fully saturated rings. The number of anilines is 2. The van der Waals surface area contributed by atoms with Gasteiger partial charge in [-0.2, -0.15) is 4.98 Å². The number of para-hydroxylation sites is 1. The van der Waals surface area contributed by atoms with Crippen molar-refractivity contribution in [2.24, 2.45) is 0 Å². The number of non-ortho nitro benzene ring substituents is 1. The number of carbonyl (C=O) groups is 1. The normalized spacial score (nSPS) is 14.7. The Hall–Kier alpha value is -4.99. The number of hydrogen-bond acceptors (Lipinski definition) is 7. The highest BCUT2D eigenvalue weighted by atomic mass is 16.6. The number of fused-ring (bicyclic) bond motifs is 1. The van der Waals surface area contributed by atoms with Gasteiger partial charge in [-0.1, -0.05) is 42.5 Å². The number of benzene rings is 3. The molecule has 0 aliphatic carbocycles. The van der Waals surface area contributed by atoms with Gasteiger partial charge in [0.25, 0.3) is 11.6 Å². The molecule has 1 amide bonds. The number of nitrogens with one attached hydrogen (secondary N) is 2. The van der Waals surface area contributed by atoms with E-state index in [9.17, 15) is 20.0 Å². The van der Waals surface area contributed by atoms with Crippen LogP contribution in [0.4, 0.5) is 17.3 Å². The van der Waals surface area contributed by atoms with E-state index in [4.69, 9.17) is 0 Å². The van der Waals surface area contributed by atoms with Crippen LogP contribution in [0.15, 0.2) is 90.1 Å². The van der Waals surface area contributed by atoms with Gasteiger partial charge in [0, 0.05) is 29.1 Å². The first-order valence-electron chi connectivity index (χ1n) is 10.7. The average Bonchev–Trinajstić information content (AvgIpc) is 3.28. The number of aromatic nitrogens is 3. The van der Waals surface area contributed by atoms with Crippen LogP contribution in [0.2, 0.25) is 0 Å². The van der Waals surface area contributed by atoms with Crippen molar-refractivity contribution < 1.29 is 14.8 Å². The summed E-state index contributed by atoms with van der Waals surface area (Å²) >= 11 is 0. The molecule has 3 N–H and O–H groups in total. The van der Waals surface area contributed by atoms with Crippen LogP contribution in [0.3, 0.4) is 0 Å². The van der Waals surface area contributed by atoms with Crippen molar-refractivity contribution in [1.29, 1.82) is 0 Å². The lowest BCUT2D eigenvalue weighted by molar-refractivity contribution is -0.384. The van der Waals surface area contributed by atoms with E-state index in [-0.39, 0.29) is 23.2 Å². The van der Waals surface area contributed by atoms with Crippen molar-refractivity contribution in [3.63, 3.8) is 0 Å². The lowest BCUT2D eigenvalue weighted by atomic mass is 9.95. The quantitative estimate of drug-likeness (QED) is 0.290. The zero-order chi connectivity index (χ0) is 24.5. The van der Waals surface area contributed by atoms with Crippen molar-refractivity contribution in [3.05, 3.63) is 106 Å². The van der Waals surface area contributed by atoms with E-state index < -0.39 is 11.0 Å². The highest BCUT2D eigenvalue weighted by molar-refractivity contribution is 6.06. The molecule has 0 saturated heterocycles. The molecule has 1 unspecified atom stereocenters. The molecule has 0 spiro atoms. The molecule has 1 aromatic heterocycles. The molecular weight excluding hydrogens is 448 g/mol. The van der Waals surface area contributed by atoms with Gasteiger partial charge in [0.15, 0.2) is 5.82 Å². The molecule has 0 radical (unpaired) electrons. The monoisotopic (exact) mass is 468 g/mol. The third-order valence-electron chi connectivity index (χ3n) is 5.65. The second kappa shape index (κ2) is 8.75. The topological polar surface area (TPSA) is 135 Å². The number of nitrogens with zero attached hydrogens (tertiary/aromatic N) is 4. The molecule has 1 aliphatic heterocycles. The minimum atomic E-state index is -0.657. The molecule has 1 atom stereocenters. The fourth-order valence-corrected chi connectivity index (χ4v) is 4.01. The summed E-state index contributed by atoms with van der Waals surface area (Å²) in [5.41, 5.74) is 2.75. The molecule has 3 aromatic carbocycles. The van der Waals surface area contributed by atoms with E-state index in [1.54, 1.807) is 48.0 Å². The van der Waals surface area contributed by atoms with Crippen molar-refractivity contribution in [3.8, 4) is 17.1 Å². The van der Waals surface area contributed by atoms with Crippen molar-refractivity contribution in [2.75, 3.05) is 10.6 Å². The van der Waals surface area contributed by atoms with Crippen LogP contribution in [0.25, 0.3) is 11.4 Å². The van der Waals surface area contributed by atoms with Crippen LogP contribution >= 0.6 is 0 Å². The number of carbonyl (C=O) groups excluding carboxylic acids is 1. The number of phenolic OH excluding ortho intramolecular Hbond substituents is 1. The van der Waals surface area contributed by atoms with Gasteiger partial charge in [-0.25, -0.2) is 4.68 Å². The van der Waals surface area contributed by atoms with Crippen LogP contribution in [0.5, 0.6) is 5.75 Å². The fraction of sp³-hybridized carbons (Fsp3) is 0.0800. The Morgan fingerprint density at radius 3 is 2.54 bits per heavy atom. The van der Waals surface area contributed by atoms with Gasteiger partial charge in [-0.3, -0.25) is 14.9 Å². The lowest BCUT2D eigenvalue weighted by Gasteiger charge is -2.28. The summed E-state index contributed by atoms with van der Waals surface area (Å²) in [5.74, 6) is 0.433. The molecule has 10 nitrogen and oxygen atoms in total. The lowest BCUT2D eigenvalue weighted by Crippen LogP contribution is -2.31. The zero-order valence-electron chi connectivity index (χ0n) is 18.5. The largest absolute Gasteiger partial charge is 0.508 e. The molecule has 0 bridgehead atoms. The van der Waals surface area contributed by atoms with Gasteiger partial charge in [-0.05, 0) is 36.8 Å². The van der Waals surface area contributed by atoms with E-state index in [2.05, 4.69) is 20.7 Å². The maximum absolute atomic E-state index is 13.4. The standard InChI is InChI=1S/C25H20N6O4/c1-15-21(24(33)27-18-7-3-2-4-8-18)22(16-10-12-20(32)13-11-16)30-25(26-15)28-23(29-30)17-6-5-9-19(14-17)31(34)35/h2-14,22,32H,1H3,(H,27,33)(H,26,28,29). The van der Waals surface area contributed by atoms with E-state index in [1.165, 1.54) is 24.3 Å². The van der Waals surface area contributed by atoms with Crippen molar-refractivity contribution in [1.82, 2.24) is 14.8 Å². The van der Waals surface area contributed by atoms with Gasteiger partial charge >= 0.3 is 0 Å². The average molecular weight is 468 g/mol. The smallest absolute Gasteiger partial charge is 0.270 e. The predicted molar refractivity (Wildman–Crippen MR) is 130 cm³/mol. The summed E-state index contributed by atoms with van der Waals surface area (Å²) in [5, 5.41) is 31.7. The Labute approximate surface area is 199 Å². The van der Waals surface area contributed by atoms with Crippen LogP contribution < -0.4 is 10.6 Å². The summed E-state index contributed by atoms with van der Waals surface area (Å²) in [6, 6.07) is 21.0. The molecular formula is C25H20N6O4. The first-order chi connectivity index (χ1) is 16.9. The van der Waals surface area contributed by atoms with Gasteiger partial charge in [0.05, 0.1) is 10.5 Å². The molecule has 4 aromatic rings. The fourth-order valence-electron chi connectivity index (χ4n) is 4.01. The number of phenols is 1. The maximum atomic E-state index is 13.4. The number of amides is 1. The molecule has 5 rings (SSSR count). The Morgan fingerprint density at radius 2 is 1.83 bits per heavy atom. The Bertz CT molecular complexity index is 1460. The Balaban J connectivity index is 1.60. The SMILES string of the molecule is CC1=C(C(=O)Nc2ccccc2)C(c2ccc(O)cc2)n2nc(-c3cccc([N+](=O)[O-])c3)nc2N1. The zero-order valence-corrected chi connectivity index (χ0v) is 18.5. The molecule has 2 heterocycles. The minimum absolute atomic E-state index is 0.0736. The van der Waals surface area contributed by atoms with E-state index >= 15 is 0 Å². The second-order valence-electron chi connectivity index (χ2n) is 7.99. The van der Waals surface area contributed by atoms with E-state index in [0.717, 1.165) is 0 Å². The Kier molecular flexibility index (Phi) is 5.46. The van der Waals surface area contributed by atoms with Crippen molar-refractivity contribution >= 4 is 23.2 Å². The van der Waals surface area contributed by atoms with E-state index in [1.807, 2.05) is 18.2 Å². The number of nitro benzene ring substituents is 1. The van der Waals surface area contributed by atoms with Crippen LogP contribution in [0.1, 0.15) is 18.5 Å². The number of hydrogen-bond donors (Lipinski definition) is 3. The first kappa shape index (κ1) is 21.8. The molecule has 174 valence electrons. The van der Waals surface area contributed by atoms with Gasteiger partial charge in [0.1, 0.15) is 11.8 Å². The van der Waals surface area contributed by atoms with Gasteiger partial charge in [-0.15, -0.1) is 5.10 Å². The molecule has 0 saturated carbocycles. The maximum Gasteiger partial charge on any atom is 0.270 e. The van der Waals surface area contributed by atoms with Crippen molar-refractivity contribution in [2.45, 2.75) is 13.0 Å². The first-order valence-corrected chi connectivity index (χ1v) is 10.7. The van der Waals surface area contributed by atoms with Crippen LogP contribution in [0, 0.1) is 10.1 Å². The van der Waals surface area contributed by atoms with Gasteiger partial charge < -0.3 is 15.7 Å². The number of allylic oxidation sites excluding steroid dienone is 1. The molecule has 1 aliphatic rings. The highest BCUT2D eigenvalue weighted by Crippen LogP contribution is 2.37. The third kappa shape index (κ3) is 4.20. The molecule has 35 heavy (non-hydrogen) atoms. The minimum Gasteiger partial charge on any atom is -0.508 e. The van der Waals surface area contributed by atoms with Crippen LogP contribution in [-0.4, -0.2) is 30.7 Å². The third-order valence-corrected chi connectivity index (χ3v) is 5.65. The Morgan fingerprint density at radius 1 is 1.09 bits per heavy atom. The summed E-state index contributed by atoms with van der Waals surface area (Å²) in [6.07, 6.45) is 0. The summed E-state index contributed by atoms with van der Waals surface area (Å²) < 4.78 is 1.58. The molecule has 10 heteroatoms.